The van der Waals surface area contributed by atoms with Crippen molar-refractivity contribution in [2.45, 2.75) is 18.9 Å². The Morgan fingerprint density at radius 3 is 2.94 bits per heavy atom. The number of nitrogens with zero attached hydrogens (tertiary/aromatic N) is 2. The first kappa shape index (κ1) is 12.0. The van der Waals surface area contributed by atoms with E-state index in [0.29, 0.717) is 16.1 Å². The summed E-state index contributed by atoms with van der Waals surface area (Å²) in [6.45, 7) is 1.06. The minimum atomic E-state index is 0.360. The molecule has 5 heteroatoms. The van der Waals surface area contributed by atoms with Crippen molar-refractivity contribution in [3.8, 4) is 5.69 Å². The van der Waals surface area contributed by atoms with E-state index in [9.17, 15) is 0 Å². The van der Waals surface area contributed by atoms with Crippen LogP contribution in [0, 0.1) is 0 Å². The van der Waals surface area contributed by atoms with Crippen LogP contribution in [-0.2, 0) is 0 Å². The van der Waals surface area contributed by atoms with Crippen LogP contribution in [0.5, 0.6) is 0 Å². The zero-order valence-electron chi connectivity index (χ0n) is 9.74. The molecule has 0 amide bonds. The van der Waals surface area contributed by atoms with Gasteiger partial charge in [-0.3, -0.25) is 0 Å². The minimum Gasteiger partial charge on any atom is -0.309 e. The number of hydrogen-bond donors (Lipinski definition) is 1. The van der Waals surface area contributed by atoms with Crippen LogP contribution >= 0.6 is 23.2 Å². The molecule has 3 rings (SSSR count). The summed E-state index contributed by atoms with van der Waals surface area (Å²) in [4.78, 5) is 4.24. The van der Waals surface area contributed by atoms with E-state index in [1.54, 1.807) is 12.4 Å². The predicted octanol–water partition coefficient (Wildman–Crippen LogP) is 3.60. The number of halogens is 2. The van der Waals surface area contributed by atoms with Crippen LogP contribution in [0.3, 0.4) is 0 Å². The molecule has 0 spiro atoms. The highest BCUT2D eigenvalue weighted by molar-refractivity contribution is 6.35. The van der Waals surface area contributed by atoms with Gasteiger partial charge in [-0.2, -0.15) is 0 Å². The molecule has 0 bridgehead atoms. The monoisotopic (exact) mass is 281 g/mol. The second-order valence-corrected chi connectivity index (χ2v) is 5.28. The molecule has 1 aromatic heterocycles. The van der Waals surface area contributed by atoms with Crippen LogP contribution in [0.2, 0.25) is 10.0 Å². The summed E-state index contributed by atoms with van der Waals surface area (Å²) in [5.41, 5.74) is 2.07. The minimum absolute atomic E-state index is 0.360. The van der Waals surface area contributed by atoms with Gasteiger partial charge in [0.1, 0.15) is 0 Å². The van der Waals surface area contributed by atoms with Gasteiger partial charge in [-0.05, 0) is 37.6 Å². The van der Waals surface area contributed by atoms with Gasteiger partial charge >= 0.3 is 0 Å². The maximum atomic E-state index is 6.25. The molecule has 1 atom stereocenters. The largest absolute Gasteiger partial charge is 0.309 e. The van der Waals surface area contributed by atoms with Crippen LogP contribution in [0.15, 0.2) is 30.7 Å². The highest BCUT2D eigenvalue weighted by Crippen LogP contribution is 2.29. The molecule has 1 aromatic carbocycles. The van der Waals surface area contributed by atoms with E-state index in [1.807, 2.05) is 22.9 Å². The average Bonchev–Trinajstić information content (AvgIpc) is 2.98. The molecule has 0 unspecified atom stereocenters. The molecule has 1 aliphatic rings. The first-order chi connectivity index (χ1) is 8.75. The number of nitrogens with one attached hydrogen (secondary N) is 1. The fourth-order valence-corrected chi connectivity index (χ4v) is 2.88. The Balaban J connectivity index is 2.03. The Kier molecular flexibility index (Phi) is 3.29. The Hall–Kier alpha value is -1.03. The molecule has 1 N–H and O–H groups in total. The highest BCUT2D eigenvalue weighted by atomic mass is 35.5. The van der Waals surface area contributed by atoms with Crippen LogP contribution in [-0.4, -0.2) is 16.1 Å². The molecule has 0 saturated carbocycles. The van der Waals surface area contributed by atoms with Gasteiger partial charge in [0.2, 0.25) is 0 Å². The van der Waals surface area contributed by atoms with Crippen LogP contribution < -0.4 is 5.32 Å². The van der Waals surface area contributed by atoms with Gasteiger partial charge in [-0.25, -0.2) is 4.98 Å². The van der Waals surface area contributed by atoms with Crippen LogP contribution in [0.4, 0.5) is 0 Å². The summed E-state index contributed by atoms with van der Waals surface area (Å²) in [7, 11) is 0. The second kappa shape index (κ2) is 4.92. The first-order valence-corrected chi connectivity index (χ1v) is 6.72. The smallest absolute Gasteiger partial charge is 0.0995 e. The summed E-state index contributed by atoms with van der Waals surface area (Å²) in [6.07, 6.45) is 6.03. The van der Waals surface area contributed by atoms with E-state index in [-0.39, 0.29) is 0 Å². The average molecular weight is 282 g/mol. The summed E-state index contributed by atoms with van der Waals surface area (Å²) in [5.74, 6) is 0. The lowest BCUT2D eigenvalue weighted by molar-refractivity contribution is 0.615. The SMILES string of the molecule is Clc1ccc(-n2cncc2[C@@H]2CCCN2)c(Cl)c1. The molecule has 94 valence electrons. The van der Waals surface area contributed by atoms with Crippen molar-refractivity contribution in [2.75, 3.05) is 6.54 Å². The van der Waals surface area contributed by atoms with Gasteiger partial charge < -0.3 is 9.88 Å². The topological polar surface area (TPSA) is 29.9 Å². The lowest BCUT2D eigenvalue weighted by Gasteiger charge is -2.15. The Morgan fingerprint density at radius 2 is 2.22 bits per heavy atom. The van der Waals surface area contributed by atoms with Crippen molar-refractivity contribution < 1.29 is 0 Å². The third kappa shape index (κ3) is 2.14. The number of hydrogen-bond acceptors (Lipinski definition) is 2. The molecule has 2 heterocycles. The Bertz CT molecular complexity index is 559. The van der Waals surface area contributed by atoms with E-state index >= 15 is 0 Å². The van der Waals surface area contributed by atoms with Crippen molar-refractivity contribution >= 4 is 23.2 Å². The van der Waals surface area contributed by atoms with Crippen molar-refractivity contribution in [1.82, 2.24) is 14.9 Å². The number of rotatable bonds is 2. The summed E-state index contributed by atoms with van der Waals surface area (Å²) in [5, 5.41) is 4.75. The van der Waals surface area contributed by atoms with E-state index in [1.165, 1.54) is 6.42 Å². The van der Waals surface area contributed by atoms with Gasteiger partial charge in [0.25, 0.3) is 0 Å². The van der Waals surface area contributed by atoms with E-state index in [4.69, 9.17) is 23.2 Å². The number of aromatic nitrogens is 2. The molecular weight excluding hydrogens is 269 g/mol. The van der Waals surface area contributed by atoms with Gasteiger partial charge in [0.15, 0.2) is 0 Å². The van der Waals surface area contributed by atoms with Crippen molar-refractivity contribution in [3.05, 3.63) is 46.5 Å². The molecule has 3 nitrogen and oxygen atoms in total. The molecule has 2 aromatic rings. The standard InChI is InChI=1S/C13H13Cl2N3/c14-9-3-4-12(10(15)6-9)18-8-16-7-13(18)11-2-1-5-17-11/h3-4,6-8,11,17H,1-2,5H2/t11-/m0/s1. The van der Waals surface area contributed by atoms with Crippen molar-refractivity contribution in [3.63, 3.8) is 0 Å². The van der Waals surface area contributed by atoms with E-state index < -0.39 is 0 Å². The normalized spacial score (nSPS) is 19.3. The molecule has 0 aliphatic carbocycles. The fourth-order valence-electron chi connectivity index (χ4n) is 2.38. The molecule has 0 radical (unpaired) electrons. The van der Waals surface area contributed by atoms with Crippen LogP contribution in [0.1, 0.15) is 24.6 Å². The predicted molar refractivity (Wildman–Crippen MR) is 73.6 cm³/mol. The van der Waals surface area contributed by atoms with E-state index in [0.717, 1.165) is 24.3 Å². The maximum Gasteiger partial charge on any atom is 0.0995 e. The molecule has 1 fully saturated rings. The fraction of sp³-hybridized carbons (Fsp3) is 0.308. The number of imidazole rings is 1. The second-order valence-electron chi connectivity index (χ2n) is 4.43. The van der Waals surface area contributed by atoms with Crippen molar-refractivity contribution in [2.24, 2.45) is 0 Å². The van der Waals surface area contributed by atoms with Crippen molar-refractivity contribution in [1.29, 1.82) is 0 Å². The van der Waals surface area contributed by atoms with Gasteiger partial charge in [-0.1, -0.05) is 23.2 Å². The Labute approximate surface area is 116 Å². The zero-order chi connectivity index (χ0) is 12.5. The third-order valence-corrected chi connectivity index (χ3v) is 3.79. The molecule has 1 aliphatic heterocycles. The zero-order valence-corrected chi connectivity index (χ0v) is 11.2. The number of benzene rings is 1. The van der Waals surface area contributed by atoms with Crippen LogP contribution in [0.25, 0.3) is 5.69 Å². The highest BCUT2D eigenvalue weighted by Gasteiger charge is 2.20. The lowest BCUT2D eigenvalue weighted by Crippen LogP contribution is -2.16. The third-order valence-electron chi connectivity index (χ3n) is 3.25. The quantitative estimate of drug-likeness (QED) is 0.912. The van der Waals surface area contributed by atoms with Gasteiger partial charge in [-0.15, -0.1) is 0 Å². The molecule has 18 heavy (non-hydrogen) atoms. The molecule has 1 saturated heterocycles. The van der Waals surface area contributed by atoms with Gasteiger partial charge in [0.05, 0.1) is 28.9 Å². The van der Waals surface area contributed by atoms with Gasteiger partial charge in [0, 0.05) is 11.1 Å². The van der Waals surface area contributed by atoms with E-state index in [2.05, 4.69) is 10.3 Å². The lowest BCUT2D eigenvalue weighted by atomic mass is 10.1. The molecular formula is C13H13Cl2N3. The maximum absolute atomic E-state index is 6.25. The summed E-state index contributed by atoms with van der Waals surface area (Å²) < 4.78 is 2.03. The first-order valence-electron chi connectivity index (χ1n) is 5.97. The summed E-state index contributed by atoms with van der Waals surface area (Å²) in [6, 6.07) is 5.88. The Morgan fingerprint density at radius 1 is 1.33 bits per heavy atom. The summed E-state index contributed by atoms with van der Waals surface area (Å²) >= 11 is 12.2.